The summed E-state index contributed by atoms with van der Waals surface area (Å²) >= 11 is 0. The van der Waals surface area contributed by atoms with Crippen molar-refractivity contribution in [3.8, 4) is 11.5 Å². The number of halogens is 1. The molecule has 0 aromatic heterocycles. The van der Waals surface area contributed by atoms with E-state index in [0.717, 1.165) is 12.0 Å². The maximum atomic E-state index is 12.1. The molecule has 0 fully saturated rings. The Morgan fingerprint density at radius 1 is 1.00 bits per heavy atom. The molecule has 0 aliphatic rings. The summed E-state index contributed by atoms with van der Waals surface area (Å²) in [7, 11) is 0. The first-order valence-electron chi connectivity index (χ1n) is 8.96. The predicted octanol–water partition coefficient (Wildman–Crippen LogP) is 3.56. The van der Waals surface area contributed by atoms with Gasteiger partial charge in [-0.05, 0) is 30.0 Å². The van der Waals surface area contributed by atoms with Crippen LogP contribution in [0.15, 0.2) is 54.6 Å². The van der Waals surface area contributed by atoms with Crippen LogP contribution in [0, 0.1) is 5.92 Å². The number of rotatable bonds is 10. The minimum absolute atomic E-state index is 0. The zero-order valence-corrected chi connectivity index (χ0v) is 16.7. The molecule has 0 heterocycles. The van der Waals surface area contributed by atoms with Crippen LogP contribution in [0.4, 0.5) is 0 Å². The van der Waals surface area contributed by atoms with Crippen LogP contribution in [-0.2, 0) is 11.4 Å². The first-order valence-corrected chi connectivity index (χ1v) is 8.96. The van der Waals surface area contributed by atoms with Crippen LogP contribution in [0.2, 0.25) is 0 Å². The van der Waals surface area contributed by atoms with E-state index in [1.54, 1.807) is 6.07 Å². The Balaban J connectivity index is 0.00000364. The van der Waals surface area contributed by atoms with Gasteiger partial charge < -0.3 is 20.5 Å². The fourth-order valence-electron chi connectivity index (χ4n) is 2.62. The van der Waals surface area contributed by atoms with Crippen LogP contribution in [0.1, 0.15) is 25.8 Å². The molecule has 1 atom stereocenters. The number of hydrogen-bond donors (Lipinski definition) is 2. The SMILES string of the molecule is CC(C)CC(CN)NC(=O)COc1ccccc1OCc1ccccc1.Cl. The van der Waals surface area contributed by atoms with Crippen molar-refractivity contribution in [1.82, 2.24) is 5.32 Å². The van der Waals surface area contributed by atoms with Gasteiger partial charge in [0, 0.05) is 12.6 Å². The Bertz CT molecular complexity index is 680. The average molecular weight is 393 g/mol. The van der Waals surface area contributed by atoms with Crippen molar-refractivity contribution < 1.29 is 14.3 Å². The number of nitrogens with one attached hydrogen (secondary N) is 1. The summed E-state index contributed by atoms with van der Waals surface area (Å²) in [5, 5.41) is 2.92. The fraction of sp³-hybridized carbons (Fsp3) is 0.381. The van der Waals surface area contributed by atoms with Crippen LogP contribution in [-0.4, -0.2) is 25.1 Å². The smallest absolute Gasteiger partial charge is 0.258 e. The van der Waals surface area contributed by atoms with E-state index < -0.39 is 0 Å². The van der Waals surface area contributed by atoms with Gasteiger partial charge in [-0.2, -0.15) is 0 Å². The number of amides is 1. The Hall–Kier alpha value is -2.24. The molecule has 0 aliphatic carbocycles. The summed E-state index contributed by atoms with van der Waals surface area (Å²) in [6, 6.07) is 17.2. The van der Waals surface area contributed by atoms with Crippen molar-refractivity contribution in [3.05, 3.63) is 60.2 Å². The predicted molar refractivity (Wildman–Crippen MR) is 110 cm³/mol. The monoisotopic (exact) mass is 392 g/mol. The van der Waals surface area contributed by atoms with Gasteiger partial charge in [0.15, 0.2) is 18.1 Å². The summed E-state index contributed by atoms with van der Waals surface area (Å²) < 4.78 is 11.5. The van der Waals surface area contributed by atoms with Crippen molar-refractivity contribution >= 4 is 18.3 Å². The molecule has 5 nitrogen and oxygen atoms in total. The van der Waals surface area contributed by atoms with E-state index in [9.17, 15) is 4.79 Å². The minimum atomic E-state index is -0.182. The van der Waals surface area contributed by atoms with E-state index in [2.05, 4.69) is 19.2 Å². The quantitative estimate of drug-likeness (QED) is 0.648. The van der Waals surface area contributed by atoms with Gasteiger partial charge in [-0.25, -0.2) is 0 Å². The number of nitrogens with two attached hydrogens (primary N) is 1. The molecule has 3 N–H and O–H groups in total. The molecule has 2 rings (SSSR count). The molecular formula is C21H29ClN2O3. The van der Waals surface area contributed by atoms with Gasteiger partial charge in [0.25, 0.3) is 5.91 Å². The van der Waals surface area contributed by atoms with Gasteiger partial charge in [-0.15, -0.1) is 12.4 Å². The lowest BCUT2D eigenvalue weighted by Crippen LogP contribution is -2.43. The molecule has 0 saturated carbocycles. The van der Waals surface area contributed by atoms with Crippen molar-refractivity contribution in [1.29, 1.82) is 0 Å². The largest absolute Gasteiger partial charge is 0.485 e. The van der Waals surface area contributed by atoms with Gasteiger partial charge in [0.2, 0.25) is 0 Å². The Morgan fingerprint density at radius 2 is 1.59 bits per heavy atom. The van der Waals surface area contributed by atoms with Gasteiger partial charge in [-0.1, -0.05) is 56.3 Å². The van der Waals surface area contributed by atoms with Gasteiger partial charge in [0.1, 0.15) is 6.61 Å². The normalized spacial score (nSPS) is 11.4. The third-order valence-corrected chi connectivity index (χ3v) is 3.85. The number of hydrogen-bond acceptors (Lipinski definition) is 4. The highest BCUT2D eigenvalue weighted by molar-refractivity contribution is 5.85. The number of carbonyl (C=O) groups excluding carboxylic acids is 1. The van der Waals surface area contributed by atoms with Crippen LogP contribution in [0.3, 0.4) is 0 Å². The number of benzene rings is 2. The van der Waals surface area contributed by atoms with Gasteiger partial charge >= 0.3 is 0 Å². The summed E-state index contributed by atoms with van der Waals surface area (Å²) in [6.45, 7) is 5.00. The molecule has 0 aliphatic heterocycles. The molecule has 0 radical (unpaired) electrons. The number of ether oxygens (including phenoxy) is 2. The van der Waals surface area contributed by atoms with E-state index in [4.69, 9.17) is 15.2 Å². The second kappa shape index (κ2) is 12.2. The second-order valence-corrected chi connectivity index (χ2v) is 6.64. The molecule has 0 saturated heterocycles. The van der Waals surface area contributed by atoms with Crippen molar-refractivity contribution in [2.75, 3.05) is 13.2 Å². The molecule has 0 spiro atoms. The molecule has 1 amide bonds. The lowest BCUT2D eigenvalue weighted by Gasteiger charge is -2.19. The van der Waals surface area contributed by atoms with Crippen molar-refractivity contribution in [2.24, 2.45) is 11.7 Å². The highest BCUT2D eigenvalue weighted by atomic mass is 35.5. The Labute approximate surface area is 167 Å². The lowest BCUT2D eigenvalue weighted by atomic mass is 10.0. The highest BCUT2D eigenvalue weighted by Gasteiger charge is 2.14. The molecule has 2 aromatic rings. The molecular weight excluding hydrogens is 364 g/mol. The van der Waals surface area contributed by atoms with Gasteiger partial charge in [0.05, 0.1) is 0 Å². The first kappa shape index (κ1) is 22.8. The minimum Gasteiger partial charge on any atom is -0.485 e. The van der Waals surface area contributed by atoms with E-state index in [-0.39, 0.29) is 31.0 Å². The van der Waals surface area contributed by atoms with Crippen molar-refractivity contribution in [2.45, 2.75) is 32.9 Å². The Morgan fingerprint density at radius 3 is 2.19 bits per heavy atom. The van der Waals surface area contributed by atoms with Gasteiger partial charge in [-0.3, -0.25) is 4.79 Å². The summed E-state index contributed by atoms with van der Waals surface area (Å²) in [4.78, 5) is 12.1. The third kappa shape index (κ3) is 8.33. The highest BCUT2D eigenvalue weighted by Crippen LogP contribution is 2.27. The summed E-state index contributed by atoms with van der Waals surface area (Å²) in [5.74, 6) is 1.45. The summed E-state index contributed by atoms with van der Waals surface area (Å²) in [6.07, 6.45) is 0.846. The zero-order valence-electron chi connectivity index (χ0n) is 15.9. The zero-order chi connectivity index (χ0) is 18.8. The first-order chi connectivity index (χ1) is 12.6. The topological polar surface area (TPSA) is 73.6 Å². The fourth-order valence-corrected chi connectivity index (χ4v) is 2.62. The molecule has 148 valence electrons. The van der Waals surface area contributed by atoms with E-state index in [1.807, 2.05) is 48.5 Å². The van der Waals surface area contributed by atoms with Crippen LogP contribution >= 0.6 is 12.4 Å². The summed E-state index contributed by atoms with van der Waals surface area (Å²) in [5.41, 5.74) is 6.79. The van der Waals surface area contributed by atoms with Crippen LogP contribution < -0.4 is 20.5 Å². The molecule has 2 aromatic carbocycles. The van der Waals surface area contributed by atoms with Crippen LogP contribution in [0.5, 0.6) is 11.5 Å². The standard InChI is InChI=1S/C21H28N2O3.ClH/c1-16(2)12-18(13-22)23-21(24)15-26-20-11-7-6-10-19(20)25-14-17-8-4-3-5-9-17;/h3-11,16,18H,12-15,22H2,1-2H3,(H,23,24);1H. The number of para-hydroxylation sites is 2. The van der Waals surface area contributed by atoms with E-state index >= 15 is 0 Å². The van der Waals surface area contributed by atoms with E-state index in [1.165, 1.54) is 0 Å². The molecule has 27 heavy (non-hydrogen) atoms. The van der Waals surface area contributed by atoms with Crippen LogP contribution in [0.25, 0.3) is 0 Å². The molecule has 1 unspecified atom stereocenters. The average Bonchev–Trinajstić information content (AvgIpc) is 2.65. The third-order valence-electron chi connectivity index (χ3n) is 3.85. The number of carbonyl (C=O) groups is 1. The lowest BCUT2D eigenvalue weighted by molar-refractivity contribution is -0.123. The maximum absolute atomic E-state index is 12.1. The maximum Gasteiger partial charge on any atom is 0.258 e. The Kier molecular flexibility index (Phi) is 10.3. The van der Waals surface area contributed by atoms with E-state index in [0.29, 0.717) is 30.6 Å². The second-order valence-electron chi connectivity index (χ2n) is 6.64. The van der Waals surface area contributed by atoms with Crippen molar-refractivity contribution in [3.63, 3.8) is 0 Å². The molecule has 0 bridgehead atoms. The molecule has 6 heteroatoms.